The monoisotopic (exact) mass is 454 g/mol. The molecule has 0 spiro atoms. The van der Waals surface area contributed by atoms with E-state index in [1.54, 1.807) is 36.1 Å². The number of amides is 2. The quantitative estimate of drug-likeness (QED) is 0.532. The first-order valence-electron chi connectivity index (χ1n) is 11.6. The lowest BCUT2D eigenvalue weighted by atomic mass is 9.80. The fraction of sp³-hybridized carbons (Fsp3) is 0.462. The lowest BCUT2D eigenvalue weighted by Crippen LogP contribution is -2.53. The maximum Gasteiger partial charge on any atom is 0.260 e. The Balaban J connectivity index is 1.46. The zero-order valence-electron chi connectivity index (χ0n) is 19.5. The predicted molar refractivity (Wildman–Crippen MR) is 127 cm³/mol. The summed E-state index contributed by atoms with van der Waals surface area (Å²) in [6.07, 6.45) is 2.74. The van der Waals surface area contributed by atoms with Gasteiger partial charge in [0, 0.05) is 18.8 Å². The van der Waals surface area contributed by atoms with Gasteiger partial charge >= 0.3 is 0 Å². The van der Waals surface area contributed by atoms with Crippen molar-refractivity contribution in [3.05, 3.63) is 54.6 Å². The van der Waals surface area contributed by atoms with Crippen molar-refractivity contribution < 1.29 is 24.2 Å². The van der Waals surface area contributed by atoms with E-state index in [1.165, 1.54) is 0 Å². The van der Waals surface area contributed by atoms with Crippen molar-refractivity contribution in [1.29, 1.82) is 0 Å². The molecule has 0 saturated carbocycles. The third kappa shape index (κ3) is 6.96. The zero-order valence-corrected chi connectivity index (χ0v) is 19.5. The molecule has 33 heavy (non-hydrogen) atoms. The number of benzene rings is 2. The summed E-state index contributed by atoms with van der Waals surface area (Å²) in [5.74, 6) is 0.422. The minimum absolute atomic E-state index is 0.0450. The van der Waals surface area contributed by atoms with E-state index in [4.69, 9.17) is 9.47 Å². The van der Waals surface area contributed by atoms with Gasteiger partial charge in [-0.1, -0.05) is 38.5 Å². The van der Waals surface area contributed by atoms with Gasteiger partial charge in [0.25, 0.3) is 5.91 Å². The van der Waals surface area contributed by atoms with Crippen LogP contribution in [0.5, 0.6) is 11.5 Å². The molecule has 3 rings (SSSR count). The van der Waals surface area contributed by atoms with Crippen LogP contribution in [0.1, 0.15) is 39.5 Å². The van der Waals surface area contributed by atoms with E-state index in [0.29, 0.717) is 44.0 Å². The number of aliphatic hydroxyl groups is 1. The van der Waals surface area contributed by atoms with E-state index in [1.807, 2.05) is 30.3 Å². The molecule has 0 radical (unpaired) electrons. The Bertz CT molecular complexity index is 893. The number of nitrogens with zero attached hydrogens (tertiary/aromatic N) is 1. The summed E-state index contributed by atoms with van der Waals surface area (Å²) in [4.78, 5) is 26.9. The van der Waals surface area contributed by atoms with Crippen LogP contribution in [0.2, 0.25) is 0 Å². The normalized spacial score (nSPS) is 16.0. The van der Waals surface area contributed by atoms with Crippen molar-refractivity contribution in [3.63, 3.8) is 0 Å². The lowest BCUT2D eigenvalue weighted by Gasteiger charge is -2.41. The van der Waals surface area contributed by atoms with Crippen LogP contribution in [0.3, 0.4) is 0 Å². The summed E-state index contributed by atoms with van der Waals surface area (Å²) in [5, 5.41) is 14.0. The number of nitrogens with one attached hydrogen (secondary N) is 1. The molecule has 0 bridgehead atoms. The number of unbranched alkanes of at least 4 members (excludes halogenated alkanes) is 1. The van der Waals surface area contributed by atoms with Gasteiger partial charge in [0.1, 0.15) is 11.5 Å². The highest BCUT2D eigenvalue weighted by atomic mass is 16.5. The highest BCUT2D eigenvalue weighted by Gasteiger charge is 2.41. The maximum atomic E-state index is 12.8. The second-order valence-corrected chi connectivity index (χ2v) is 8.52. The molecule has 1 heterocycles. The van der Waals surface area contributed by atoms with Crippen LogP contribution < -0.4 is 14.8 Å². The zero-order chi connectivity index (χ0) is 23.7. The number of likely N-dealkylation sites (tertiary alicyclic amines) is 1. The van der Waals surface area contributed by atoms with Crippen LogP contribution >= 0.6 is 0 Å². The average Bonchev–Trinajstić information content (AvgIpc) is 2.84. The minimum atomic E-state index is -1.16. The molecule has 0 aliphatic carbocycles. The SMILES string of the molecule is CCCCOc1ccc(NC(=O)C(C)C2(O)CCN(C(=O)COc3ccccc3)CC2)cc1. The number of carbonyl (C=O) groups is 2. The predicted octanol–water partition coefficient (Wildman–Crippen LogP) is 3.87. The minimum Gasteiger partial charge on any atom is -0.494 e. The highest BCUT2D eigenvalue weighted by molar-refractivity contribution is 5.93. The smallest absolute Gasteiger partial charge is 0.260 e. The number of piperidine rings is 1. The van der Waals surface area contributed by atoms with E-state index in [-0.39, 0.29) is 18.4 Å². The summed E-state index contributed by atoms with van der Waals surface area (Å²) >= 11 is 0. The molecular weight excluding hydrogens is 420 g/mol. The Hall–Kier alpha value is -3.06. The molecule has 7 nitrogen and oxygen atoms in total. The van der Waals surface area contributed by atoms with Crippen LogP contribution in [0, 0.1) is 5.92 Å². The van der Waals surface area contributed by atoms with Crippen LogP contribution in [-0.4, -0.2) is 53.7 Å². The van der Waals surface area contributed by atoms with Crippen molar-refractivity contribution in [1.82, 2.24) is 4.90 Å². The molecule has 1 fully saturated rings. The summed E-state index contributed by atoms with van der Waals surface area (Å²) in [6.45, 7) is 5.23. The number of carbonyl (C=O) groups excluding carboxylic acids is 2. The highest BCUT2D eigenvalue weighted by Crippen LogP contribution is 2.31. The van der Waals surface area contributed by atoms with Crippen molar-refractivity contribution in [3.8, 4) is 11.5 Å². The van der Waals surface area contributed by atoms with Crippen LogP contribution in [0.15, 0.2) is 54.6 Å². The summed E-state index contributed by atoms with van der Waals surface area (Å²) in [5.41, 5.74) is -0.506. The second kappa shape index (κ2) is 11.7. The van der Waals surface area contributed by atoms with Gasteiger partial charge < -0.3 is 24.8 Å². The number of rotatable bonds is 10. The maximum absolute atomic E-state index is 12.8. The van der Waals surface area contributed by atoms with Gasteiger partial charge in [0.15, 0.2) is 6.61 Å². The van der Waals surface area contributed by atoms with E-state index >= 15 is 0 Å². The summed E-state index contributed by atoms with van der Waals surface area (Å²) < 4.78 is 11.2. The molecular formula is C26H34N2O5. The molecule has 2 N–H and O–H groups in total. The molecule has 2 aromatic carbocycles. The number of anilines is 1. The number of ether oxygens (including phenoxy) is 2. The van der Waals surface area contributed by atoms with Crippen molar-refractivity contribution in [2.75, 3.05) is 31.6 Å². The Labute approximate surface area is 195 Å². The fourth-order valence-corrected chi connectivity index (χ4v) is 3.79. The number of para-hydroxylation sites is 1. The van der Waals surface area contributed by atoms with Gasteiger partial charge in [0.05, 0.1) is 18.1 Å². The third-order valence-electron chi connectivity index (χ3n) is 6.18. The topological polar surface area (TPSA) is 88.1 Å². The standard InChI is InChI=1S/C26H34N2O5/c1-3-4-18-32-23-12-10-21(11-13-23)27-25(30)20(2)26(31)14-16-28(17-15-26)24(29)19-33-22-8-6-5-7-9-22/h5-13,20,31H,3-4,14-19H2,1-2H3,(H,27,30). The number of hydrogen-bond acceptors (Lipinski definition) is 5. The van der Waals surface area contributed by atoms with E-state index in [2.05, 4.69) is 12.2 Å². The molecule has 1 aliphatic heterocycles. The van der Waals surface area contributed by atoms with Crippen molar-refractivity contribution in [2.24, 2.45) is 5.92 Å². The Kier molecular flexibility index (Phi) is 8.72. The fourth-order valence-electron chi connectivity index (χ4n) is 3.79. The molecule has 1 atom stereocenters. The molecule has 1 aliphatic rings. The Morgan fingerprint density at radius 2 is 1.67 bits per heavy atom. The lowest BCUT2D eigenvalue weighted by molar-refractivity contribution is -0.142. The molecule has 7 heteroatoms. The van der Waals surface area contributed by atoms with Crippen molar-refractivity contribution >= 4 is 17.5 Å². The van der Waals surface area contributed by atoms with Gasteiger partial charge in [-0.25, -0.2) is 0 Å². The number of hydrogen-bond donors (Lipinski definition) is 2. The second-order valence-electron chi connectivity index (χ2n) is 8.52. The van der Waals surface area contributed by atoms with E-state index in [9.17, 15) is 14.7 Å². The van der Waals surface area contributed by atoms with Crippen LogP contribution in [0.4, 0.5) is 5.69 Å². The first-order valence-corrected chi connectivity index (χ1v) is 11.6. The largest absolute Gasteiger partial charge is 0.494 e. The van der Waals surface area contributed by atoms with Gasteiger partial charge in [0.2, 0.25) is 5.91 Å². The summed E-state index contributed by atoms with van der Waals surface area (Å²) in [6, 6.07) is 16.4. The molecule has 2 aromatic rings. The van der Waals surface area contributed by atoms with Crippen LogP contribution in [-0.2, 0) is 9.59 Å². The molecule has 178 valence electrons. The first kappa shape index (κ1) is 24.6. The van der Waals surface area contributed by atoms with E-state index < -0.39 is 11.5 Å². The Morgan fingerprint density at radius 3 is 2.30 bits per heavy atom. The summed E-state index contributed by atoms with van der Waals surface area (Å²) in [7, 11) is 0. The third-order valence-corrected chi connectivity index (χ3v) is 6.18. The van der Waals surface area contributed by atoms with Gasteiger partial charge in [-0.2, -0.15) is 0 Å². The first-order chi connectivity index (χ1) is 15.9. The van der Waals surface area contributed by atoms with Gasteiger partial charge in [-0.15, -0.1) is 0 Å². The molecule has 2 amide bonds. The average molecular weight is 455 g/mol. The molecule has 1 unspecified atom stereocenters. The molecule has 1 saturated heterocycles. The van der Waals surface area contributed by atoms with E-state index in [0.717, 1.165) is 18.6 Å². The van der Waals surface area contributed by atoms with Gasteiger partial charge in [-0.05, 0) is 55.7 Å². The van der Waals surface area contributed by atoms with Crippen molar-refractivity contribution in [2.45, 2.75) is 45.1 Å². The van der Waals surface area contributed by atoms with Gasteiger partial charge in [-0.3, -0.25) is 9.59 Å². The Morgan fingerprint density at radius 1 is 1.03 bits per heavy atom. The van der Waals surface area contributed by atoms with Crippen LogP contribution in [0.25, 0.3) is 0 Å². The molecule has 0 aromatic heterocycles.